The van der Waals surface area contributed by atoms with Gasteiger partial charge in [-0.05, 0) is 58.7 Å². The molecule has 192 valence electrons. The van der Waals surface area contributed by atoms with Gasteiger partial charge in [0.2, 0.25) is 5.91 Å². The summed E-state index contributed by atoms with van der Waals surface area (Å²) in [5, 5.41) is 2.77. The van der Waals surface area contributed by atoms with Crippen molar-refractivity contribution in [3.05, 3.63) is 35.4 Å². The number of nitrogens with two attached hydrogens (primary N) is 1. The topological polar surface area (TPSA) is 112 Å². The average molecular weight is 488 g/mol. The van der Waals surface area contributed by atoms with E-state index in [2.05, 4.69) is 16.1 Å². The minimum atomic E-state index is -0.759. The fourth-order valence-electron chi connectivity index (χ4n) is 4.39. The van der Waals surface area contributed by atoms with Crippen LogP contribution < -0.4 is 11.1 Å². The van der Waals surface area contributed by atoms with Crippen LogP contribution >= 0.6 is 0 Å². The quantitative estimate of drug-likeness (QED) is 0.407. The highest BCUT2D eigenvalue weighted by molar-refractivity contribution is 5.92. The molecule has 2 heterocycles. The number of terminal acetylenes is 1. The zero-order valence-corrected chi connectivity index (χ0v) is 21.2. The number of alkyl carbamates (subject to hydrolysis) is 1. The minimum absolute atomic E-state index is 0.295. The molecule has 1 aromatic carbocycles. The number of rotatable bonds is 9. The highest BCUT2D eigenvalue weighted by atomic mass is 16.8. The molecule has 2 saturated heterocycles. The van der Waals surface area contributed by atoms with E-state index in [4.69, 9.17) is 31.1 Å². The van der Waals surface area contributed by atoms with Crippen molar-refractivity contribution in [1.29, 1.82) is 0 Å². The van der Waals surface area contributed by atoms with Crippen molar-refractivity contribution in [2.45, 2.75) is 76.8 Å². The van der Waals surface area contributed by atoms with Gasteiger partial charge < -0.3 is 30.0 Å². The van der Waals surface area contributed by atoms with Crippen LogP contribution in [0.25, 0.3) is 0 Å². The third-order valence-electron chi connectivity index (χ3n) is 5.72. The number of ether oxygens (including phenoxy) is 4. The predicted molar refractivity (Wildman–Crippen MR) is 131 cm³/mol. The Labute approximate surface area is 207 Å². The molecule has 0 bridgehead atoms. The summed E-state index contributed by atoms with van der Waals surface area (Å²) in [6.07, 6.45) is 4.53. The molecule has 0 aliphatic carbocycles. The van der Waals surface area contributed by atoms with E-state index in [1.165, 1.54) is 0 Å². The number of amides is 2. The highest BCUT2D eigenvalue weighted by Crippen LogP contribution is 2.45. The molecule has 2 aliphatic heterocycles. The molecule has 3 N–H and O–H groups in total. The molecule has 0 saturated carbocycles. The van der Waals surface area contributed by atoms with E-state index in [0.29, 0.717) is 38.2 Å². The average Bonchev–Trinajstić information content (AvgIpc) is 3.23. The second kappa shape index (κ2) is 11.0. The van der Waals surface area contributed by atoms with E-state index in [9.17, 15) is 9.59 Å². The number of carbonyl (C=O) groups is 2. The molecule has 9 heteroatoms. The maximum Gasteiger partial charge on any atom is 0.407 e. The zero-order valence-electron chi connectivity index (χ0n) is 21.2. The van der Waals surface area contributed by atoms with E-state index in [-0.39, 0.29) is 18.3 Å². The van der Waals surface area contributed by atoms with Crippen molar-refractivity contribution in [3.8, 4) is 12.3 Å². The minimum Gasteiger partial charge on any atom is -0.444 e. The van der Waals surface area contributed by atoms with Gasteiger partial charge >= 0.3 is 6.09 Å². The Hall–Kier alpha value is -2.64. The summed E-state index contributed by atoms with van der Waals surface area (Å²) < 4.78 is 24.1. The van der Waals surface area contributed by atoms with E-state index in [0.717, 1.165) is 5.56 Å². The molecule has 9 nitrogen and oxygen atoms in total. The number of fused-ring (bicyclic) bond motifs is 1. The lowest BCUT2D eigenvalue weighted by molar-refractivity contribution is -0.189. The Balaban J connectivity index is 1.64. The molecule has 2 aliphatic rings. The Bertz CT molecular complexity index is 951. The SMILES string of the molecule is C#CCN(CCCNC(=O)OC(C)(C)C)C[C@H]1O[C@@H](c2cccc(C(N)=O)c2)C2OC(C)(C)OC21. The van der Waals surface area contributed by atoms with Gasteiger partial charge in [0, 0.05) is 25.2 Å². The largest absolute Gasteiger partial charge is 0.444 e. The lowest BCUT2D eigenvalue weighted by atomic mass is 9.99. The van der Waals surface area contributed by atoms with Gasteiger partial charge in [0.25, 0.3) is 0 Å². The Kier molecular flexibility index (Phi) is 8.44. The van der Waals surface area contributed by atoms with Crippen LogP contribution in [0.4, 0.5) is 4.79 Å². The number of primary amides is 1. The molecule has 2 fully saturated rings. The number of benzene rings is 1. The smallest absolute Gasteiger partial charge is 0.407 e. The number of hydrogen-bond donors (Lipinski definition) is 2. The lowest BCUT2D eigenvalue weighted by Crippen LogP contribution is -2.41. The fourth-order valence-corrected chi connectivity index (χ4v) is 4.39. The van der Waals surface area contributed by atoms with Gasteiger partial charge in [-0.3, -0.25) is 9.69 Å². The van der Waals surface area contributed by atoms with Crippen LogP contribution in [0.3, 0.4) is 0 Å². The second-order valence-electron chi connectivity index (χ2n) is 10.4. The molecule has 1 aromatic rings. The van der Waals surface area contributed by atoms with Crippen molar-refractivity contribution in [2.75, 3.05) is 26.2 Å². The van der Waals surface area contributed by atoms with E-state index < -0.39 is 29.5 Å². The van der Waals surface area contributed by atoms with Crippen LogP contribution in [0.1, 0.15) is 63.1 Å². The van der Waals surface area contributed by atoms with Crippen LogP contribution in [0.15, 0.2) is 24.3 Å². The Morgan fingerprint density at radius 1 is 1.26 bits per heavy atom. The van der Waals surface area contributed by atoms with Crippen molar-refractivity contribution in [2.24, 2.45) is 5.73 Å². The number of nitrogens with zero attached hydrogens (tertiary/aromatic N) is 1. The molecular formula is C26H37N3O6. The molecule has 2 amide bonds. The molecular weight excluding hydrogens is 450 g/mol. The summed E-state index contributed by atoms with van der Waals surface area (Å²) in [7, 11) is 0. The molecule has 0 spiro atoms. The van der Waals surface area contributed by atoms with Crippen LogP contribution in [-0.4, -0.2) is 72.8 Å². The van der Waals surface area contributed by atoms with Gasteiger partial charge in [-0.1, -0.05) is 18.1 Å². The number of hydrogen-bond acceptors (Lipinski definition) is 7. The van der Waals surface area contributed by atoms with E-state index >= 15 is 0 Å². The Morgan fingerprint density at radius 2 is 1.97 bits per heavy atom. The third-order valence-corrected chi connectivity index (χ3v) is 5.72. The third kappa shape index (κ3) is 7.42. The standard InChI is InChI=1S/C26H37N3O6/c1-7-13-29(14-9-12-28-24(31)35-25(2,3)4)16-19-21-22(34-26(5,6)33-21)20(32-19)17-10-8-11-18(15-17)23(27)30/h1,8,10-11,15,19-22H,9,12-14,16H2,2-6H3,(H2,27,30)(H,28,31)/t19-,20+,21?,22?/m1/s1. The summed E-state index contributed by atoms with van der Waals surface area (Å²) in [4.78, 5) is 25.6. The highest BCUT2D eigenvalue weighted by Gasteiger charge is 2.55. The van der Waals surface area contributed by atoms with Gasteiger partial charge in [-0.15, -0.1) is 6.42 Å². The van der Waals surface area contributed by atoms with Gasteiger partial charge in [-0.2, -0.15) is 0 Å². The summed E-state index contributed by atoms with van der Waals surface area (Å²) in [5.74, 6) is 1.44. The predicted octanol–water partition coefficient (Wildman–Crippen LogP) is 2.60. The first-order valence-corrected chi connectivity index (χ1v) is 11.9. The summed E-state index contributed by atoms with van der Waals surface area (Å²) >= 11 is 0. The molecule has 4 atom stereocenters. The maximum absolute atomic E-state index is 11.9. The van der Waals surface area contributed by atoms with E-state index in [1.54, 1.807) is 18.2 Å². The van der Waals surface area contributed by atoms with Crippen LogP contribution in [0, 0.1) is 12.3 Å². The molecule has 2 unspecified atom stereocenters. The monoisotopic (exact) mass is 487 g/mol. The molecule has 3 rings (SSSR count). The molecule has 0 radical (unpaired) electrons. The van der Waals surface area contributed by atoms with Gasteiger partial charge in [0.15, 0.2) is 5.79 Å². The summed E-state index contributed by atoms with van der Waals surface area (Å²) in [5.41, 5.74) is 6.15. The van der Waals surface area contributed by atoms with Crippen molar-refractivity contribution >= 4 is 12.0 Å². The van der Waals surface area contributed by atoms with Crippen molar-refractivity contribution < 1.29 is 28.5 Å². The number of nitrogens with one attached hydrogen (secondary N) is 1. The first-order valence-electron chi connectivity index (χ1n) is 11.9. The first kappa shape index (κ1) is 27.0. The maximum atomic E-state index is 11.9. The van der Waals surface area contributed by atoms with E-state index in [1.807, 2.05) is 40.7 Å². The van der Waals surface area contributed by atoms with Gasteiger partial charge in [0.1, 0.15) is 30.0 Å². The zero-order chi connectivity index (χ0) is 25.8. The van der Waals surface area contributed by atoms with Crippen molar-refractivity contribution in [3.63, 3.8) is 0 Å². The number of carbonyl (C=O) groups excluding carboxylic acids is 2. The van der Waals surface area contributed by atoms with Crippen molar-refractivity contribution in [1.82, 2.24) is 10.2 Å². The molecule has 0 aromatic heterocycles. The first-order chi connectivity index (χ1) is 16.4. The van der Waals surface area contributed by atoms with Gasteiger partial charge in [-0.25, -0.2) is 4.79 Å². The Morgan fingerprint density at radius 3 is 2.63 bits per heavy atom. The normalized spacial score (nSPS) is 25.2. The van der Waals surface area contributed by atoms with Crippen LogP contribution in [-0.2, 0) is 18.9 Å². The second-order valence-corrected chi connectivity index (χ2v) is 10.4. The summed E-state index contributed by atoms with van der Waals surface area (Å²) in [6.45, 7) is 11.3. The lowest BCUT2D eigenvalue weighted by Gasteiger charge is -2.28. The van der Waals surface area contributed by atoms with Crippen LogP contribution in [0.5, 0.6) is 0 Å². The fraction of sp³-hybridized carbons (Fsp3) is 0.615. The van der Waals surface area contributed by atoms with Gasteiger partial charge in [0.05, 0.1) is 6.54 Å². The summed E-state index contributed by atoms with van der Waals surface area (Å²) in [6, 6.07) is 7.09. The molecule has 35 heavy (non-hydrogen) atoms. The van der Waals surface area contributed by atoms with Crippen LogP contribution in [0.2, 0.25) is 0 Å².